The molecule has 3 aromatic heterocycles. The number of hydrogen-bond acceptors (Lipinski definition) is 3. The molecule has 0 amide bonds. The summed E-state index contributed by atoms with van der Waals surface area (Å²) < 4.78 is 41.3. The predicted octanol–water partition coefficient (Wildman–Crippen LogP) is 1.80. The molecule has 0 spiro atoms. The molecule has 1 aromatic carbocycles. The zero-order valence-electron chi connectivity index (χ0n) is 14.2. The third-order valence-corrected chi connectivity index (χ3v) is 4.22. The number of halogens is 3. The summed E-state index contributed by atoms with van der Waals surface area (Å²) in [5.41, 5.74) is -0.716. The van der Waals surface area contributed by atoms with Gasteiger partial charge in [-0.15, -0.1) is 0 Å². The number of pyridine rings is 1. The number of rotatable bonds is 2. The Morgan fingerprint density at radius 2 is 1.71 bits per heavy atom. The normalized spacial score (nSPS) is 12.7. The van der Waals surface area contributed by atoms with Gasteiger partial charge in [-0.05, 0) is 24.3 Å². The Hall–Kier alpha value is -2.97. The summed E-state index contributed by atoms with van der Waals surface area (Å²) in [4.78, 5) is 16.2. The van der Waals surface area contributed by atoms with Gasteiger partial charge in [0, 0.05) is 17.8 Å². The average Bonchev–Trinajstić information content (AvgIpc) is 3.05. The van der Waals surface area contributed by atoms with E-state index in [1.165, 1.54) is 16.6 Å². The van der Waals surface area contributed by atoms with Crippen LogP contribution in [0.3, 0.4) is 0 Å². The third kappa shape index (κ3) is 2.91. The summed E-state index contributed by atoms with van der Waals surface area (Å²) in [6, 6.07) is 10.2. The molecule has 0 aliphatic carbocycles. The van der Waals surface area contributed by atoms with Gasteiger partial charge in [0.15, 0.2) is 0 Å². The molecule has 132 valence electrons. The molecule has 28 heavy (non-hydrogen) atoms. The van der Waals surface area contributed by atoms with Crippen LogP contribution in [0.1, 0.15) is 5.69 Å². The fourth-order valence-electron chi connectivity index (χ4n) is 3.03. The smallest absolute Gasteiger partial charge is 0.313 e. The molecular weight excluding hydrogens is 366 g/mol. The van der Waals surface area contributed by atoms with Crippen molar-refractivity contribution in [3.05, 3.63) is 64.7 Å². The van der Waals surface area contributed by atoms with E-state index in [0.717, 1.165) is 16.8 Å². The summed E-state index contributed by atoms with van der Waals surface area (Å²) in [5, 5.41) is 2.55. The Morgan fingerprint density at radius 3 is 2.39 bits per heavy atom. The van der Waals surface area contributed by atoms with Crippen LogP contribution >= 0.6 is 0 Å². The van der Waals surface area contributed by atoms with E-state index in [-0.39, 0.29) is 22.3 Å². The van der Waals surface area contributed by atoms with E-state index in [1.54, 1.807) is 24.3 Å². The van der Waals surface area contributed by atoms with Gasteiger partial charge in [0.1, 0.15) is 11.3 Å². The number of fused-ring (bicyclic) bond motifs is 3. The lowest BCUT2D eigenvalue weighted by molar-refractivity contribution is -0.141. The standard InChI is InChI=1S/C17H8B3F3N4O/c18-17(19,20)26-14-8-11(9-5-6-24-13(7-9)16(21,22)23)25-27(14)12-4-2-1-3-10(12)15(26)28/h1-8H. The van der Waals surface area contributed by atoms with E-state index in [4.69, 9.17) is 23.5 Å². The van der Waals surface area contributed by atoms with Crippen LogP contribution < -0.4 is 5.56 Å². The largest absolute Gasteiger partial charge is 0.433 e. The molecule has 0 atom stereocenters. The monoisotopic (exact) mass is 374 g/mol. The lowest BCUT2D eigenvalue weighted by atomic mass is 9.49. The fraction of sp³-hybridized carbons (Fsp3) is 0.118. The molecule has 3 heterocycles. The molecule has 0 fully saturated rings. The van der Waals surface area contributed by atoms with Crippen LogP contribution in [0.4, 0.5) is 13.2 Å². The highest BCUT2D eigenvalue weighted by Gasteiger charge is 2.32. The summed E-state index contributed by atoms with van der Waals surface area (Å²) >= 11 is 0. The van der Waals surface area contributed by atoms with Gasteiger partial charge >= 0.3 is 6.18 Å². The Balaban J connectivity index is 2.07. The molecule has 0 N–H and O–H groups in total. The minimum atomic E-state index is -4.61. The number of benzene rings is 1. The van der Waals surface area contributed by atoms with E-state index in [1.807, 2.05) is 0 Å². The first-order chi connectivity index (χ1) is 13.1. The molecule has 0 saturated carbocycles. The van der Waals surface area contributed by atoms with E-state index in [2.05, 4.69) is 10.1 Å². The zero-order valence-corrected chi connectivity index (χ0v) is 14.2. The summed E-state index contributed by atoms with van der Waals surface area (Å²) in [6.45, 7) is 0. The molecule has 0 aliphatic rings. The SMILES string of the molecule is [B]C([B])([B])n1c(=O)c2ccccc2n2nc(-c3ccnc(C(F)(F)F)c3)cc12. The maximum absolute atomic E-state index is 13.0. The van der Waals surface area contributed by atoms with Gasteiger partial charge in [-0.25, -0.2) is 4.52 Å². The van der Waals surface area contributed by atoms with Gasteiger partial charge in [-0.1, -0.05) is 17.4 Å². The van der Waals surface area contributed by atoms with Gasteiger partial charge in [0.05, 0.1) is 40.1 Å². The van der Waals surface area contributed by atoms with Crippen molar-refractivity contribution >= 4 is 40.1 Å². The van der Waals surface area contributed by atoms with Crippen LogP contribution in [-0.4, -0.2) is 42.7 Å². The highest BCUT2D eigenvalue weighted by molar-refractivity contribution is 6.56. The fourth-order valence-corrected chi connectivity index (χ4v) is 3.03. The Bertz CT molecular complexity index is 1270. The van der Waals surface area contributed by atoms with Crippen molar-refractivity contribution < 1.29 is 13.2 Å². The summed E-state index contributed by atoms with van der Waals surface area (Å²) in [5.74, 6) is 0. The molecule has 4 aromatic rings. The maximum atomic E-state index is 13.0. The van der Waals surface area contributed by atoms with Crippen LogP contribution in [-0.2, 0) is 11.4 Å². The predicted molar refractivity (Wildman–Crippen MR) is 100 cm³/mol. The zero-order chi connectivity index (χ0) is 20.3. The lowest BCUT2D eigenvalue weighted by Crippen LogP contribution is -2.43. The molecule has 0 aliphatic heterocycles. The average molecular weight is 374 g/mol. The van der Waals surface area contributed by atoms with Gasteiger partial charge < -0.3 is 4.57 Å². The van der Waals surface area contributed by atoms with Crippen LogP contribution in [0.15, 0.2) is 53.5 Å². The first-order valence-corrected chi connectivity index (χ1v) is 8.01. The topological polar surface area (TPSA) is 52.2 Å². The first kappa shape index (κ1) is 18.4. The number of nitrogens with zero attached hydrogens (tertiary/aromatic N) is 4. The van der Waals surface area contributed by atoms with Gasteiger partial charge in [-0.3, -0.25) is 9.78 Å². The van der Waals surface area contributed by atoms with Crippen molar-refractivity contribution in [2.24, 2.45) is 0 Å². The Kier molecular flexibility index (Phi) is 3.95. The highest BCUT2D eigenvalue weighted by Crippen LogP contribution is 2.31. The number of aromatic nitrogens is 4. The van der Waals surface area contributed by atoms with Crippen LogP contribution in [0.5, 0.6) is 0 Å². The van der Waals surface area contributed by atoms with E-state index < -0.39 is 22.7 Å². The maximum Gasteiger partial charge on any atom is 0.433 e. The molecule has 0 unspecified atom stereocenters. The molecular formula is C17H8B3F3N4O. The van der Waals surface area contributed by atoms with Crippen molar-refractivity contribution in [3.8, 4) is 11.3 Å². The minimum Gasteiger partial charge on any atom is -0.313 e. The van der Waals surface area contributed by atoms with Crippen molar-refractivity contribution in [1.82, 2.24) is 19.2 Å². The summed E-state index contributed by atoms with van der Waals surface area (Å²) in [6.07, 6.45) is -3.57. The second kappa shape index (κ2) is 6.02. The van der Waals surface area contributed by atoms with Crippen molar-refractivity contribution in [2.75, 3.05) is 0 Å². The van der Waals surface area contributed by atoms with Crippen molar-refractivity contribution in [2.45, 2.75) is 11.4 Å². The van der Waals surface area contributed by atoms with Crippen LogP contribution in [0.2, 0.25) is 0 Å². The molecule has 0 saturated heterocycles. The molecule has 6 radical (unpaired) electrons. The Labute approximate surface area is 160 Å². The molecule has 0 bridgehead atoms. The molecule has 11 heteroatoms. The molecule has 5 nitrogen and oxygen atoms in total. The van der Waals surface area contributed by atoms with Crippen LogP contribution in [0.25, 0.3) is 27.8 Å². The Morgan fingerprint density at radius 1 is 1.00 bits per heavy atom. The first-order valence-electron chi connectivity index (χ1n) is 8.01. The lowest BCUT2D eigenvalue weighted by Gasteiger charge is -2.25. The van der Waals surface area contributed by atoms with Gasteiger partial charge in [0.2, 0.25) is 0 Å². The molecule has 4 rings (SSSR count). The number of para-hydroxylation sites is 1. The highest BCUT2D eigenvalue weighted by atomic mass is 19.4. The third-order valence-electron chi connectivity index (χ3n) is 4.22. The van der Waals surface area contributed by atoms with Gasteiger partial charge in [0.25, 0.3) is 5.56 Å². The quantitative estimate of drug-likeness (QED) is 0.504. The van der Waals surface area contributed by atoms with E-state index >= 15 is 0 Å². The minimum absolute atomic E-state index is 0.136. The van der Waals surface area contributed by atoms with Crippen molar-refractivity contribution in [1.29, 1.82) is 0 Å². The van der Waals surface area contributed by atoms with E-state index in [9.17, 15) is 18.0 Å². The second-order valence-corrected chi connectivity index (χ2v) is 6.27. The number of alkyl halides is 3. The van der Waals surface area contributed by atoms with E-state index in [0.29, 0.717) is 5.52 Å². The van der Waals surface area contributed by atoms with Crippen LogP contribution in [0, 0.1) is 0 Å². The van der Waals surface area contributed by atoms with Gasteiger partial charge in [-0.2, -0.15) is 18.3 Å². The summed E-state index contributed by atoms with van der Waals surface area (Å²) in [7, 11) is 17.3. The number of hydrogen-bond donors (Lipinski definition) is 0. The van der Waals surface area contributed by atoms with Crippen molar-refractivity contribution in [3.63, 3.8) is 0 Å². The second-order valence-electron chi connectivity index (χ2n) is 6.27.